The van der Waals surface area contributed by atoms with E-state index in [0.717, 1.165) is 54.8 Å². The number of hydrogen-bond donors (Lipinski definition) is 1. The SMILES string of the molecule is C[C@H]1C[C@@H](Oc2ccnc(COc3ccc(F)cc3F)n2)CCN1Cc1nc2ccc(C(=O)NS(=O)(=O)C3CC3)cc2n1C[C@@H]1CCO1. The van der Waals surface area contributed by atoms with Crippen molar-refractivity contribution < 1.29 is 36.2 Å². The van der Waals surface area contributed by atoms with Crippen LogP contribution in [0.25, 0.3) is 11.0 Å². The lowest BCUT2D eigenvalue weighted by atomic mass is 10.0. The molecule has 4 heterocycles. The summed E-state index contributed by atoms with van der Waals surface area (Å²) in [6.45, 7) is 4.63. The van der Waals surface area contributed by atoms with Gasteiger partial charge in [0.15, 0.2) is 17.4 Å². The van der Waals surface area contributed by atoms with E-state index in [1.807, 2.05) is 0 Å². The topological polar surface area (TPSA) is 138 Å². The number of carbonyl (C=O) groups is 1. The minimum atomic E-state index is -3.67. The molecule has 4 aromatic rings. The van der Waals surface area contributed by atoms with Crippen molar-refractivity contribution in [1.29, 1.82) is 0 Å². The molecule has 1 amide bonds. The highest BCUT2D eigenvalue weighted by Gasteiger charge is 2.37. The summed E-state index contributed by atoms with van der Waals surface area (Å²) in [7, 11) is -3.67. The Kier molecular flexibility index (Phi) is 9.00. The van der Waals surface area contributed by atoms with Crippen LogP contribution in [0.5, 0.6) is 11.6 Å². The number of amides is 1. The van der Waals surface area contributed by atoms with Crippen LogP contribution in [0.2, 0.25) is 0 Å². The lowest BCUT2D eigenvalue weighted by Crippen LogP contribution is -2.44. The molecule has 0 bridgehead atoms. The molecule has 2 aliphatic heterocycles. The second kappa shape index (κ2) is 13.4. The number of hydrogen-bond acceptors (Lipinski definition) is 10. The average molecular weight is 683 g/mol. The second-order valence-corrected chi connectivity index (χ2v) is 14.5. The number of nitrogens with zero attached hydrogens (tertiary/aromatic N) is 5. The normalized spacial score (nSPS) is 21.5. The summed E-state index contributed by atoms with van der Waals surface area (Å²) in [6, 6.07) is 9.99. The highest BCUT2D eigenvalue weighted by Crippen LogP contribution is 2.29. The summed E-state index contributed by atoms with van der Waals surface area (Å²) in [4.78, 5) is 28.7. The van der Waals surface area contributed by atoms with E-state index < -0.39 is 32.8 Å². The van der Waals surface area contributed by atoms with Crippen LogP contribution < -0.4 is 14.2 Å². The molecule has 3 fully saturated rings. The maximum Gasteiger partial charge on any atom is 0.264 e. The van der Waals surface area contributed by atoms with Crippen molar-refractivity contribution in [3.63, 3.8) is 0 Å². The molecule has 2 aromatic heterocycles. The van der Waals surface area contributed by atoms with Crippen LogP contribution in [0.1, 0.15) is 61.0 Å². The number of halogens is 2. The molecule has 1 aliphatic carbocycles. The van der Waals surface area contributed by atoms with Crippen LogP contribution in [-0.2, 0) is 34.5 Å². The second-order valence-electron chi connectivity index (χ2n) is 12.6. The standard InChI is InChI=1S/C33H36F2N6O6S/c1-20-14-23(47-32-8-11-36-30(38-32)19-46-29-7-3-22(34)16-26(29)35)9-12-40(20)18-31-37-27-6-2-21(33(42)39-48(43,44)25-4-5-25)15-28(27)41(31)17-24-10-13-45-24/h2-3,6-8,11,15-16,20,23-25H,4-5,9-10,12-14,17-19H2,1H3,(H,39,42)/t20-,23-,24-/m0/s1. The van der Waals surface area contributed by atoms with Crippen LogP contribution in [0, 0.1) is 11.6 Å². The van der Waals surface area contributed by atoms with Crippen molar-refractivity contribution in [2.75, 3.05) is 13.2 Å². The third-order valence-electron chi connectivity index (χ3n) is 9.00. The summed E-state index contributed by atoms with van der Waals surface area (Å²) >= 11 is 0. The van der Waals surface area contributed by atoms with Crippen LogP contribution in [0.3, 0.4) is 0 Å². The Morgan fingerprint density at radius 2 is 1.92 bits per heavy atom. The van der Waals surface area contributed by atoms with Crippen LogP contribution in [-0.4, -0.2) is 75.4 Å². The quantitative estimate of drug-likeness (QED) is 0.232. The first-order chi connectivity index (χ1) is 23.1. The maximum absolute atomic E-state index is 13.9. The van der Waals surface area contributed by atoms with Gasteiger partial charge >= 0.3 is 0 Å². The van der Waals surface area contributed by atoms with Gasteiger partial charge in [0.05, 0.1) is 35.5 Å². The molecule has 48 heavy (non-hydrogen) atoms. The third-order valence-corrected chi connectivity index (χ3v) is 10.8. The molecule has 1 N–H and O–H groups in total. The van der Waals surface area contributed by atoms with Gasteiger partial charge < -0.3 is 18.8 Å². The number of sulfonamides is 1. The molecular formula is C33H36F2N6O6S. The van der Waals surface area contributed by atoms with Gasteiger partial charge in [-0.2, -0.15) is 4.98 Å². The zero-order valence-electron chi connectivity index (χ0n) is 26.3. The van der Waals surface area contributed by atoms with Crippen molar-refractivity contribution >= 4 is 27.0 Å². The largest absolute Gasteiger partial charge is 0.483 e. The molecule has 1 saturated carbocycles. The van der Waals surface area contributed by atoms with E-state index in [1.165, 1.54) is 6.07 Å². The van der Waals surface area contributed by atoms with Gasteiger partial charge in [-0.05, 0) is 69.4 Å². The number of imidazole rings is 1. The molecule has 7 rings (SSSR count). The van der Waals surface area contributed by atoms with Gasteiger partial charge in [-0.1, -0.05) is 0 Å². The van der Waals surface area contributed by atoms with Crippen LogP contribution in [0.15, 0.2) is 48.7 Å². The Hall–Kier alpha value is -4.21. The Morgan fingerprint density at radius 1 is 1.08 bits per heavy atom. The smallest absolute Gasteiger partial charge is 0.264 e. The Balaban J connectivity index is 1.00. The highest BCUT2D eigenvalue weighted by molar-refractivity contribution is 7.91. The number of fused-ring (bicyclic) bond motifs is 1. The fourth-order valence-corrected chi connectivity index (χ4v) is 7.34. The van der Waals surface area contributed by atoms with Gasteiger partial charge in [0, 0.05) is 43.1 Å². The fraction of sp³-hybridized carbons (Fsp3) is 0.455. The predicted octanol–water partition coefficient (Wildman–Crippen LogP) is 4.13. The van der Waals surface area contributed by atoms with Crippen molar-refractivity contribution in [2.45, 2.75) is 82.2 Å². The third kappa shape index (κ3) is 7.27. The number of piperidine rings is 1. The zero-order valence-corrected chi connectivity index (χ0v) is 27.2. The lowest BCUT2D eigenvalue weighted by molar-refractivity contribution is -0.0593. The molecule has 0 unspecified atom stereocenters. The van der Waals surface area contributed by atoms with Gasteiger partial charge in [0.25, 0.3) is 5.91 Å². The van der Waals surface area contributed by atoms with Crippen LogP contribution in [0.4, 0.5) is 8.78 Å². The van der Waals surface area contributed by atoms with E-state index in [4.69, 9.17) is 19.2 Å². The van der Waals surface area contributed by atoms with Gasteiger partial charge in [0.2, 0.25) is 15.9 Å². The van der Waals surface area contributed by atoms with E-state index in [1.54, 1.807) is 30.5 Å². The predicted molar refractivity (Wildman–Crippen MR) is 170 cm³/mol. The summed E-state index contributed by atoms with van der Waals surface area (Å²) in [5.74, 6) is -0.682. The maximum atomic E-state index is 13.9. The average Bonchev–Trinajstić information content (AvgIpc) is 3.84. The van der Waals surface area contributed by atoms with E-state index in [-0.39, 0.29) is 36.2 Å². The van der Waals surface area contributed by atoms with E-state index in [9.17, 15) is 22.0 Å². The van der Waals surface area contributed by atoms with Crippen molar-refractivity contribution in [3.05, 3.63) is 77.5 Å². The molecule has 15 heteroatoms. The van der Waals surface area contributed by atoms with Crippen molar-refractivity contribution in [3.8, 4) is 11.6 Å². The Bertz CT molecular complexity index is 1930. The highest BCUT2D eigenvalue weighted by atomic mass is 32.2. The summed E-state index contributed by atoms with van der Waals surface area (Å²) in [5, 5.41) is -0.492. The minimum absolute atomic E-state index is 0.0447. The molecule has 254 valence electrons. The molecule has 2 saturated heterocycles. The molecule has 0 spiro atoms. The number of benzene rings is 2. The molecule has 3 aliphatic rings. The van der Waals surface area contributed by atoms with E-state index in [2.05, 4.69) is 31.1 Å². The number of rotatable bonds is 12. The summed E-state index contributed by atoms with van der Waals surface area (Å²) in [6.07, 6.45) is 5.06. The number of ether oxygens (including phenoxy) is 3. The first-order valence-electron chi connectivity index (χ1n) is 16.1. The van der Waals surface area contributed by atoms with Gasteiger partial charge in [0.1, 0.15) is 24.4 Å². The zero-order chi connectivity index (χ0) is 33.4. The van der Waals surface area contributed by atoms with Crippen LogP contribution >= 0.6 is 0 Å². The minimum Gasteiger partial charge on any atom is -0.483 e. The molecular weight excluding hydrogens is 646 g/mol. The molecule has 0 radical (unpaired) electrons. The number of nitrogens with one attached hydrogen (secondary N) is 1. The fourth-order valence-electron chi connectivity index (χ4n) is 6.04. The number of likely N-dealkylation sites (tertiary alicyclic amines) is 1. The Labute approximate surface area is 276 Å². The lowest BCUT2D eigenvalue weighted by Gasteiger charge is -2.37. The summed E-state index contributed by atoms with van der Waals surface area (Å²) < 4.78 is 73.6. The Morgan fingerprint density at radius 3 is 2.65 bits per heavy atom. The monoisotopic (exact) mass is 682 g/mol. The van der Waals surface area contributed by atoms with E-state index >= 15 is 0 Å². The molecule has 12 nitrogen and oxygen atoms in total. The van der Waals surface area contributed by atoms with Crippen molar-refractivity contribution in [2.24, 2.45) is 0 Å². The van der Waals surface area contributed by atoms with Gasteiger partial charge in [-0.15, -0.1) is 0 Å². The molecule has 3 atom stereocenters. The van der Waals surface area contributed by atoms with E-state index in [0.29, 0.717) is 44.2 Å². The first-order valence-corrected chi connectivity index (χ1v) is 17.6. The molecule has 2 aromatic carbocycles. The van der Waals surface area contributed by atoms with Gasteiger partial charge in [-0.3, -0.25) is 9.69 Å². The number of aromatic nitrogens is 4. The first kappa shape index (κ1) is 32.3. The number of carbonyl (C=O) groups excluding carboxylic acids is 1. The summed E-state index contributed by atoms with van der Waals surface area (Å²) in [5.41, 5.74) is 1.75. The van der Waals surface area contributed by atoms with Gasteiger partial charge in [-0.25, -0.2) is 31.9 Å². The van der Waals surface area contributed by atoms with Crippen molar-refractivity contribution in [1.82, 2.24) is 29.1 Å².